The summed E-state index contributed by atoms with van der Waals surface area (Å²) in [4.78, 5) is 13.0. The molecular formula is C18H16F3N5. The quantitative estimate of drug-likeness (QED) is 0.689. The fraction of sp³-hybridized carbons (Fsp3) is 0.167. The van der Waals surface area contributed by atoms with E-state index in [-0.39, 0.29) is 0 Å². The van der Waals surface area contributed by atoms with E-state index in [0.29, 0.717) is 35.4 Å². The first-order chi connectivity index (χ1) is 12.5. The highest BCUT2D eigenvalue weighted by Gasteiger charge is 2.29. The zero-order valence-electron chi connectivity index (χ0n) is 13.9. The summed E-state index contributed by atoms with van der Waals surface area (Å²) < 4.78 is 38.0. The molecule has 3 aromatic rings. The lowest BCUT2D eigenvalue weighted by Crippen LogP contribution is -2.06. The number of aromatic nitrogens is 3. The van der Waals surface area contributed by atoms with E-state index < -0.39 is 11.7 Å². The molecule has 8 heteroatoms. The minimum atomic E-state index is -4.36. The number of nitrogens with zero attached hydrogens (tertiary/aromatic N) is 3. The molecule has 0 atom stereocenters. The molecule has 0 aliphatic heterocycles. The average molecular weight is 359 g/mol. The predicted octanol–water partition coefficient (Wildman–Crippen LogP) is 4.73. The van der Waals surface area contributed by atoms with Gasteiger partial charge in [0.05, 0.1) is 17.0 Å². The molecular weight excluding hydrogens is 343 g/mol. The number of nitrogens with one attached hydrogen (secondary N) is 2. The van der Waals surface area contributed by atoms with Gasteiger partial charge in [-0.25, -0.2) is 4.98 Å². The lowest BCUT2D eigenvalue weighted by molar-refractivity contribution is -0.137. The second-order valence-electron chi connectivity index (χ2n) is 5.41. The van der Waals surface area contributed by atoms with Crippen LogP contribution < -0.4 is 10.6 Å². The maximum absolute atomic E-state index is 12.7. The lowest BCUT2D eigenvalue weighted by Gasteiger charge is -2.11. The Morgan fingerprint density at radius 2 is 1.73 bits per heavy atom. The summed E-state index contributed by atoms with van der Waals surface area (Å²) in [5.41, 5.74) is 1.06. The number of hydrogen-bond donors (Lipinski definition) is 2. The van der Waals surface area contributed by atoms with Crippen molar-refractivity contribution < 1.29 is 13.2 Å². The van der Waals surface area contributed by atoms with E-state index in [9.17, 15) is 13.2 Å². The van der Waals surface area contributed by atoms with Gasteiger partial charge >= 0.3 is 6.18 Å². The third-order valence-corrected chi connectivity index (χ3v) is 3.47. The summed E-state index contributed by atoms with van der Waals surface area (Å²) in [5, 5.41) is 6.04. The summed E-state index contributed by atoms with van der Waals surface area (Å²) in [7, 11) is 0. The zero-order valence-corrected chi connectivity index (χ0v) is 13.9. The Labute approximate surface area is 148 Å². The van der Waals surface area contributed by atoms with Crippen LogP contribution in [0.4, 0.5) is 30.6 Å². The van der Waals surface area contributed by atoms with Crippen LogP contribution in [0, 0.1) is 0 Å². The van der Waals surface area contributed by atoms with E-state index in [0.717, 1.165) is 12.1 Å². The number of hydrogen-bond acceptors (Lipinski definition) is 5. The van der Waals surface area contributed by atoms with Crippen LogP contribution in [0.15, 0.2) is 54.7 Å². The first kappa shape index (κ1) is 17.7. The molecule has 1 aromatic carbocycles. The third-order valence-electron chi connectivity index (χ3n) is 3.47. The third kappa shape index (κ3) is 4.27. The molecule has 2 N–H and O–H groups in total. The molecule has 2 aromatic heterocycles. The molecule has 0 bridgehead atoms. The molecule has 0 aliphatic carbocycles. The van der Waals surface area contributed by atoms with Crippen LogP contribution in [0.2, 0.25) is 0 Å². The second kappa shape index (κ2) is 7.38. The van der Waals surface area contributed by atoms with Gasteiger partial charge in [-0.2, -0.15) is 18.2 Å². The van der Waals surface area contributed by atoms with Crippen LogP contribution in [0.25, 0.3) is 11.4 Å². The van der Waals surface area contributed by atoms with Crippen molar-refractivity contribution >= 4 is 17.5 Å². The van der Waals surface area contributed by atoms with Crippen molar-refractivity contribution in [1.82, 2.24) is 15.0 Å². The van der Waals surface area contributed by atoms with E-state index in [2.05, 4.69) is 25.6 Å². The van der Waals surface area contributed by atoms with Gasteiger partial charge in [0, 0.05) is 24.5 Å². The molecule has 3 rings (SSSR count). The van der Waals surface area contributed by atoms with Crippen molar-refractivity contribution in [3.05, 3.63) is 60.3 Å². The Balaban J connectivity index is 1.90. The van der Waals surface area contributed by atoms with Gasteiger partial charge < -0.3 is 10.6 Å². The Hall–Kier alpha value is -3.16. The van der Waals surface area contributed by atoms with E-state index in [1.165, 1.54) is 12.1 Å². The van der Waals surface area contributed by atoms with Crippen molar-refractivity contribution in [3.8, 4) is 11.4 Å². The summed E-state index contributed by atoms with van der Waals surface area (Å²) in [6.45, 7) is 2.55. The van der Waals surface area contributed by atoms with Crippen molar-refractivity contribution in [2.45, 2.75) is 13.1 Å². The number of anilines is 3. The van der Waals surface area contributed by atoms with Crippen molar-refractivity contribution in [2.75, 3.05) is 17.2 Å². The van der Waals surface area contributed by atoms with Crippen LogP contribution in [0.1, 0.15) is 12.5 Å². The van der Waals surface area contributed by atoms with E-state index in [1.54, 1.807) is 18.3 Å². The van der Waals surface area contributed by atoms with Gasteiger partial charge in [-0.15, -0.1) is 0 Å². The van der Waals surface area contributed by atoms with Gasteiger partial charge in [-0.05, 0) is 43.3 Å². The van der Waals surface area contributed by atoms with Crippen molar-refractivity contribution in [1.29, 1.82) is 0 Å². The van der Waals surface area contributed by atoms with E-state index in [1.807, 2.05) is 19.1 Å². The van der Waals surface area contributed by atoms with Gasteiger partial charge in [-0.1, -0.05) is 6.07 Å². The highest BCUT2D eigenvalue weighted by Crippen LogP contribution is 2.30. The van der Waals surface area contributed by atoms with E-state index >= 15 is 0 Å². The SMILES string of the molecule is CCNc1nc(Nc2ccc(C(F)(F)F)cc2)cc(-c2ccccn2)n1. The Kier molecular flexibility index (Phi) is 5.01. The molecule has 0 saturated heterocycles. The highest BCUT2D eigenvalue weighted by molar-refractivity contribution is 5.65. The van der Waals surface area contributed by atoms with Crippen LogP contribution in [0.5, 0.6) is 0 Å². The average Bonchev–Trinajstić information content (AvgIpc) is 2.62. The zero-order chi connectivity index (χ0) is 18.6. The molecule has 0 saturated carbocycles. The van der Waals surface area contributed by atoms with Crippen LogP contribution in [-0.2, 0) is 6.18 Å². The Bertz CT molecular complexity index is 864. The summed E-state index contributed by atoms with van der Waals surface area (Å²) >= 11 is 0. The number of benzene rings is 1. The van der Waals surface area contributed by atoms with Gasteiger partial charge in [0.2, 0.25) is 5.95 Å². The number of halogens is 3. The number of alkyl halides is 3. The smallest absolute Gasteiger partial charge is 0.354 e. The van der Waals surface area contributed by atoms with Gasteiger partial charge in [-0.3, -0.25) is 4.98 Å². The standard InChI is InChI=1S/C18H16F3N5/c1-2-22-17-25-15(14-5-3-4-10-23-14)11-16(26-17)24-13-8-6-12(7-9-13)18(19,20)21/h3-11H,2H2,1H3,(H2,22,24,25,26). The second-order valence-corrected chi connectivity index (χ2v) is 5.41. The molecule has 0 fully saturated rings. The first-order valence-corrected chi connectivity index (χ1v) is 7.94. The summed E-state index contributed by atoms with van der Waals surface area (Å²) in [5.74, 6) is 0.862. The Morgan fingerprint density at radius 1 is 0.962 bits per heavy atom. The highest BCUT2D eigenvalue weighted by atomic mass is 19.4. The van der Waals surface area contributed by atoms with Gasteiger partial charge in [0.25, 0.3) is 0 Å². The number of pyridine rings is 1. The topological polar surface area (TPSA) is 62.7 Å². The lowest BCUT2D eigenvalue weighted by atomic mass is 10.2. The van der Waals surface area contributed by atoms with Crippen LogP contribution in [0.3, 0.4) is 0 Å². The van der Waals surface area contributed by atoms with Gasteiger partial charge in [0.1, 0.15) is 5.82 Å². The molecule has 134 valence electrons. The maximum Gasteiger partial charge on any atom is 0.416 e. The monoisotopic (exact) mass is 359 g/mol. The fourth-order valence-corrected chi connectivity index (χ4v) is 2.28. The molecule has 5 nitrogen and oxygen atoms in total. The predicted molar refractivity (Wildman–Crippen MR) is 94.2 cm³/mol. The minimum absolute atomic E-state index is 0.407. The van der Waals surface area contributed by atoms with Crippen LogP contribution >= 0.6 is 0 Å². The van der Waals surface area contributed by atoms with Crippen molar-refractivity contribution in [2.24, 2.45) is 0 Å². The molecule has 2 heterocycles. The molecule has 0 radical (unpaired) electrons. The van der Waals surface area contributed by atoms with E-state index in [4.69, 9.17) is 0 Å². The summed E-state index contributed by atoms with van der Waals surface area (Å²) in [6, 6.07) is 11.9. The maximum atomic E-state index is 12.7. The Morgan fingerprint density at radius 3 is 2.35 bits per heavy atom. The molecule has 0 spiro atoms. The summed E-state index contributed by atoms with van der Waals surface area (Å²) in [6.07, 6.45) is -2.70. The first-order valence-electron chi connectivity index (χ1n) is 7.94. The fourth-order valence-electron chi connectivity index (χ4n) is 2.28. The molecule has 26 heavy (non-hydrogen) atoms. The van der Waals surface area contributed by atoms with Crippen LogP contribution in [-0.4, -0.2) is 21.5 Å². The molecule has 0 amide bonds. The minimum Gasteiger partial charge on any atom is -0.354 e. The van der Waals surface area contributed by atoms with Gasteiger partial charge in [0.15, 0.2) is 0 Å². The molecule has 0 unspecified atom stereocenters. The largest absolute Gasteiger partial charge is 0.416 e. The van der Waals surface area contributed by atoms with Crippen molar-refractivity contribution in [3.63, 3.8) is 0 Å². The number of rotatable bonds is 5. The normalized spacial score (nSPS) is 11.2. The molecule has 0 aliphatic rings.